The molecular formula is C20H33N3. The second-order valence-corrected chi connectivity index (χ2v) is 7.92. The van der Waals surface area contributed by atoms with Crippen molar-refractivity contribution in [3.8, 4) is 0 Å². The molecule has 0 amide bonds. The molecule has 0 atom stereocenters. The molecule has 0 radical (unpaired) electrons. The number of nitrogens with zero attached hydrogens (tertiary/aromatic N) is 3. The van der Waals surface area contributed by atoms with E-state index in [2.05, 4.69) is 48.0 Å². The lowest BCUT2D eigenvalue weighted by molar-refractivity contribution is 0.106. The second kappa shape index (κ2) is 7.74. The third kappa shape index (κ3) is 4.12. The molecule has 1 saturated heterocycles. The Morgan fingerprint density at radius 3 is 2.13 bits per heavy atom. The molecule has 23 heavy (non-hydrogen) atoms. The van der Waals surface area contributed by atoms with Crippen LogP contribution in [0.3, 0.4) is 0 Å². The minimum Gasteiger partial charge on any atom is -0.300 e. The number of aromatic nitrogens is 2. The van der Waals surface area contributed by atoms with Crippen LogP contribution in [-0.4, -0.2) is 34.0 Å². The van der Waals surface area contributed by atoms with Crippen molar-refractivity contribution in [2.24, 2.45) is 5.92 Å². The van der Waals surface area contributed by atoms with Gasteiger partial charge in [0.15, 0.2) is 0 Å². The van der Waals surface area contributed by atoms with Gasteiger partial charge in [-0.15, -0.1) is 0 Å². The predicted molar refractivity (Wildman–Crippen MR) is 95.7 cm³/mol. The monoisotopic (exact) mass is 315 g/mol. The first-order chi connectivity index (χ1) is 11.2. The molecule has 0 aromatic carbocycles. The van der Waals surface area contributed by atoms with Crippen molar-refractivity contribution in [3.63, 3.8) is 0 Å². The van der Waals surface area contributed by atoms with Gasteiger partial charge in [0.2, 0.25) is 0 Å². The predicted octanol–water partition coefficient (Wildman–Crippen LogP) is 4.75. The van der Waals surface area contributed by atoms with Gasteiger partial charge < -0.3 is 4.90 Å². The lowest BCUT2D eigenvalue weighted by atomic mass is 9.82. The van der Waals surface area contributed by atoms with Crippen molar-refractivity contribution in [1.82, 2.24) is 14.9 Å². The summed E-state index contributed by atoms with van der Waals surface area (Å²) in [5.41, 5.74) is 1.35. The number of likely N-dealkylation sites (tertiary alicyclic amines) is 1. The molecule has 3 rings (SSSR count). The molecule has 2 fully saturated rings. The topological polar surface area (TPSA) is 29.0 Å². The Hall–Kier alpha value is -0.960. The Balaban J connectivity index is 1.50. The Morgan fingerprint density at radius 2 is 1.61 bits per heavy atom. The van der Waals surface area contributed by atoms with Crippen LogP contribution in [0, 0.1) is 5.92 Å². The van der Waals surface area contributed by atoms with E-state index in [1.54, 1.807) is 0 Å². The van der Waals surface area contributed by atoms with E-state index in [9.17, 15) is 0 Å². The fraction of sp³-hybridized carbons (Fsp3) is 0.800. The summed E-state index contributed by atoms with van der Waals surface area (Å²) in [5.74, 6) is 3.06. The maximum atomic E-state index is 4.56. The minimum atomic E-state index is 0.421. The highest BCUT2D eigenvalue weighted by Gasteiger charge is 2.29. The SMILES string of the molecule is CC[C@H]1CC[C@@H](N2CCC(c3cnc(C(C)C)nc3)CC2)CC1. The summed E-state index contributed by atoms with van der Waals surface area (Å²) in [5, 5.41) is 0. The number of hydrogen-bond acceptors (Lipinski definition) is 3. The molecule has 0 unspecified atom stereocenters. The summed E-state index contributed by atoms with van der Waals surface area (Å²) in [4.78, 5) is 11.9. The summed E-state index contributed by atoms with van der Waals surface area (Å²) in [6.45, 7) is 9.18. The summed E-state index contributed by atoms with van der Waals surface area (Å²) in [6, 6.07) is 0.860. The molecule has 0 N–H and O–H groups in total. The van der Waals surface area contributed by atoms with E-state index in [1.165, 1.54) is 63.6 Å². The maximum absolute atomic E-state index is 4.56. The fourth-order valence-corrected chi connectivity index (χ4v) is 4.37. The Labute approximate surface area is 141 Å². The minimum absolute atomic E-state index is 0.421. The highest BCUT2D eigenvalue weighted by molar-refractivity contribution is 5.14. The van der Waals surface area contributed by atoms with E-state index >= 15 is 0 Å². The van der Waals surface area contributed by atoms with Gasteiger partial charge in [-0.3, -0.25) is 0 Å². The van der Waals surface area contributed by atoms with Crippen molar-refractivity contribution < 1.29 is 0 Å². The van der Waals surface area contributed by atoms with Crippen LogP contribution in [0.2, 0.25) is 0 Å². The molecule has 3 heteroatoms. The van der Waals surface area contributed by atoms with Crippen LogP contribution in [-0.2, 0) is 0 Å². The van der Waals surface area contributed by atoms with Crippen molar-refractivity contribution in [2.75, 3.05) is 13.1 Å². The zero-order valence-corrected chi connectivity index (χ0v) is 15.2. The van der Waals surface area contributed by atoms with E-state index in [-0.39, 0.29) is 0 Å². The molecule has 1 aliphatic carbocycles. The average Bonchev–Trinajstić information content (AvgIpc) is 2.62. The first-order valence-corrected chi connectivity index (χ1v) is 9.73. The fourth-order valence-electron chi connectivity index (χ4n) is 4.37. The Kier molecular flexibility index (Phi) is 5.68. The van der Waals surface area contributed by atoms with E-state index in [1.807, 2.05) is 0 Å². The van der Waals surface area contributed by atoms with Gasteiger partial charge in [0.25, 0.3) is 0 Å². The molecule has 0 spiro atoms. The Bertz CT molecular complexity index is 466. The molecule has 3 nitrogen and oxygen atoms in total. The molecule has 1 aromatic rings. The molecule has 1 aliphatic heterocycles. The van der Waals surface area contributed by atoms with E-state index in [4.69, 9.17) is 0 Å². The summed E-state index contributed by atoms with van der Waals surface area (Å²) < 4.78 is 0. The standard InChI is InChI=1S/C20H33N3/c1-4-16-5-7-19(8-6-16)23-11-9-17(10-12-23)18-13-21-20(15(2)3)22-14-18/h13-17,19H,4-12H2,1-3H3/t16-,19+. The van der Waals surface area contributed by atoms with E-state index < -0.39 is 0 Å². The first-order valence-electron chi connectivity index (χ1n) is 9.73. The summed E-state index contributed by atoms with van der Waals surface area (Å²) in [7, 11) is 0. The van der Waals surface area contributed by atoms with Gasteiger partial charge in [0.1, 0.15) is 5.82 Å². The van der Waals surface area contributed by atoms with Crippen molar-refractivity contribution in [3.05, 3.63) is 23.8 Å². The van der Waals surface area contributed by atoms with Gasteiger partial charge in [0, 0.05) is 24.4 Å². The van der Waals surface area contributed by atoms with Gasteiger partial charge in [-0.1, -0.05) is 27.2 Å². The lowest BCUT2D eigenvalue weighted by Crippen LogP contribution is -2.42. The number of rotatable bonds is 4. The largest absolute Gasteiger partial charge is 0.300 e. The molecular weight excluding hydrogens is 282 g/mol. The molecule has 1 saturated carbocycles. The van der Waals surface area contributed by atoms with Crippen LogP contribution in [0.15, 0.2) is 12.4 Å². The van der Waals surface area contributed by atoms with Gasteiger partial charge in [-0.2, -0.15) is 0 Å². The smallest absolute Gasteiger partial charge is 0.130 e. The van der Waals surface area contributed by atoms with E-state index in [0.717, 1.165) is 17.8 Å². The maximum Gasteiger partial charge on any atom is 0.130 e. The van der Waals surface area contributed by atoms with Gasteiger partial charge >= 0.3 is 0 Å². The number of piperidine rings is 1. The quantitative estimate of drug-likeness (QED) is 0.803. The summed E-state index contributed by atoms with van der Waals surface area (Å²) in [6.07, 6.45) is 13.8. The van der Waals surface area contributed by atoms with Crippen LogP contribution in [0.25, 0.3) is 0 Å². The van der Waals surface area contributed by atoms with Crippen LogP contribution in [0.1, 0.15) is 88.9 Å². The number of hydrogen-bond donors (Lipinski definition) is 0. The highest BCUT2D eigenvalue weighted by atomic mass is 15.2. The first kappa shape index (κ1) is 16.9. The summed E-state index contributed by atoms with van der Waals surface area (Å²) >= 11 is 0. The second-order valence-electron chi connectivity index (χ2n) is 7.92. The van der Waals surface area contributed by atoms with Crippen LogP contribution in [0.5, 0.6) is 0 Å². The van der Waals surface area contributed by atoms with Crippen LogP contribution in [0.4, 0.5) is 0 Å². The molecule has 1 aromatic heterocycles. The van der Waals surface area contributed by atoms with Crippen molar-refractivity contribution >= 4 is 0 Å². The highest BCUT2D eigenvalue weighted by Crippen LogP contribution is 2.34. The van der Waals surface area contributed by atoms with Crippen LogP contribution >= 0.6 is 0 Å². The molecule has 2 aliphatic rings. The van der Waals surface area contributed by atoms with Gasteiger partial charge in [-0.05, 0) is 69.0 Å². The van der Waals surface area contributed by atoms with Gasteiger partial charge in [0.05, 0.1) is 0 Å². The van der Waals surface area contributed by atoms with Crippen LogP contribution < -0.4 is 0 Å². The molecule has 2 heterocycles. The third-order valence-electron chi connectivity index (χ3n) is 6.12. The zero-order valence-electron chi connectivity index (χ0n) is 15.2. The van der Waals surface area contributed by atoms with Crippen molar-refractivity contribution in [2.45, 2.75) is 83.6 Å². The lowest BCUT2D eigenvalue weighted by Gasteiger charge is -2.40. The third-order valence-corrected chi connectivity index (χ3v) is 6.12. The molecule has 0 bridgehead atoms. The van der Waals surface area contributed by atoms with Gasteiger partial charge in [-0.25, -0.2) is 9.97 Å². The average molecular weight is 316 g/mol. The normalized spacial score (nSPS) is 27.5. The Morgan fingerprint density at radius 1 is 1.00 bits per heavy atom. The van der Waals surface area contributed by atoms with E-state index in [0.29, 0.717) is 11.8 Å². The van der Waals surface area contributed by atoms with Crippen molar-refractivity contribution in [1.29, 1.82) is 0 Å². The molecule has 128 valence electrons. The zero-order chi connectivity index (χ0) is 16.2.